The molecule has 0 unspecified atom stereocenters. The highest BCUT2D eigenvalue weighted by Gasteiger charge is 2.10. The van der Waals surface area contributed by atoms with Gasteiger partial charge in [0.25, 0.3) is 0 Å². The molecule has 110 valence electrons. The predicted molar refractivity (Wildman–Crippen MR) is 81.4 cm³/mol. The van der Waals surface area contributed by atoms with Crippen molar-refractivity contribution in [2.24, 2.45) is 0 Å². The van der Waals surface area contributed by atoms with Crippen LogP contribution in [0.25, 0.3) is 0 Å². The first-order chi connectivity index (χ1) is 9.79. The Morgan fingerprint density at radius 2 is 1.90 bits per heavy atom. The third kappa shape index (κ3) is 4.42. The van der Waals surface area contributed by atoms with Crippen molar-refractivity contribution in [2.45, 2.75) is 19.3 Å². The molecular formula is C15H23N3O2. The number of anilines is 2. The second kappa shape index (κ2) is 7.75. The predicted octanol–water partition coefficient (Wildman–Crippen LogP) is 2.44. The summed E-state index contributed by atoms with van der Waals surface area (Å²) in [5, 5.41) is 5.53. The third-order valence-corrected chi connectivity index (χ3v) is 3.44. The second-order valence-electron chi connectivity index (χ2n) is 4.97. The molecule has 0 bridgehead atoms. The number of carbonyl (C=O) groups excluding carboxylic acids is 1. The van der Waals surface area contributed by atoms with Gasteiger partial charge in [-0.15, -0.1) is 0 Å². The number of nitrogens with zero attached hydrogens (tertiary/aromatic N) is 1. The molecule has 1 aromatic rings. The number of hydrogen-bond acceptors (Lipinski definition) is 3. The van der Waals surface area contributed by atoms with E-state index in [1.807, 2.05) is 12.1 Å². The molecule has 0 spiro atoms. The molecule has 2 amide bonds. The van der Waals surface area contributed by atoms with Crippen LogP contribution >= 0.6 is 0 Å². The Bertz CT molecular complexity index is 414. The lowest BCUT2D eigenvalue weighted by Crippen LogP contribution is -2.31. The molecule has 1 saturated heterocycles. The van der Waals surface area contributed by atoms with E-state index < -0.39 is 0 Å². The van der Waals surface area contributed by atoms with E-state index in [0.29, 0.717) is 13.2 Å². The molecule has 1 aliphatic heterocycles. The number of rotatable bonds is 5. The zero-order chi connectivity index (χ0) is 14.2. The van der Waals surface area contributed by atoms with Gasteiger partial charge in [0, 0.05) is 38.1 Å². The van der Waals surface area contributed by atoms with E-state index in [-0.39, 0.29) is 6.03 Å². The lowest BCUT2D eigenvalue weighted by atomic mass is 10.1. The summed E-state index contributed by atoms with van der Waals surface area (Å²) in [6, 6.07) is 7.82. The van der Waals surface area contributed by atoms with Crippen molar-refractivity contribution in [1.82, 2.24) is 5.32 Å². The zero-order valence-electron chi connectivity index (χ0n) is 12.0. The highest BCUT2D eigenvalue weighted by atomic mass is 16.5. The van der Waals surface area contributed by atoms with E-state index in [9.17, 15) is 4.79 Å². The van der Waals surface area contributed by atoms with Gasteiger partial charge >= 0.3 is 6.03 Å². The van der Waals surface area contributed by atoms with Crippen molar-refractivity contribution in [1.29, 1.82) is 0 Å². The Labute approximate surface area is 120 Å². The molecule has 0 radical (unpaired) electrons. The fourth-order valence-corrected chi connectivity index (χ4v) is 2.35. The summed E-state index contributed by atoms with van der Waals surface area (Å²) in [4.78, 5) is 14.0. The van der Waals surface area contributed by atoms with Crippen molar-refractivity contribution in [3.63, 3.8) is 0 Å². The number of nitrogens with one attached hydrogen (secondary N) is 2. The minimum absolute atomic E-state index is 0.201. The average Bonchev–Trinajstić information content (AvgIpc) is 2.49. The maximum atomic E-state index is 11.6. The van der Waals surface area contributed by atoms with Crippen LogP contribution in [0.2, 0.25) is 0 Å². The van der Waals surface area contributed by atoms with Gasteiger partial charge in [-0.1, -0.05) is 0 Å². The summed E-state index contributed by atoms with van der Waals surface area (Å²) in [6.07, 6.45) is 3.86. The summed E-state index contributed by atoms with van der Waals surface area (Å²) in [6.45, 7) is 3.28. The van der Waals surface area contributed by atoms with Crippen LogP contribution in [-0.2, 0) is 4.74 Å². The molecule has 1 heterocycles. The molecule has 0 aliphatic carbocycles. The first-order valence-corrected chi connectivity index (χ1v) is 7.18. The first-order valence-electron chi connectivity index (χ1n) is 7.18. The number of benzene rings is 1. The van der Waals surface area contributed by atoms with E-state index in [1.165, 1.54) is 24.9 Å². The van der Waals surface area contributed by atoms with Crippen LogP contribution in [0, 0.1) is 0 Å². The quantitative estimate of drug-likeness (QED) is 0.813. The van der Waals surface area contributed by atoms with E-state index in [4.69, 9.17) is 4.74 Å². The van der Waals surface area contributed by atoms with Crippen LogP contribution in [-0.4, -0.2) is 39.4 Å². The number of methoxy groups -OCH3 is 1. The fraction of sp³-hybridized carbons (Fsp3) is 0.533. The van der Waals surface area contributed by atoms with Gasteiger partial charge in [-0.2, -0.15) is 0 Å². The fourth-order valence-electron chi connectivity index (χ4n) is 2.35. The zero-order valence-corrected chi connectivity index (χ0v) is 12.0. The van der Waals surface area contributed by atoms with Gasteiger partial charge in [-0.25, -0.2) is 4.79 Å². The molecule has 5 nitrogen and oxygen atoms in total. The van der Waals surface area contributed by atoms with Crippen LogP contribution in [0.1, 0.15) is 19.3 Å². The minimum Gasteiger partial charge on any atom is -0.383 e. The van der Waals surface area contributed by atoms with Gasteiger partial charge in [0.15, 0.2) is 0 Å². The maximum absolute atomic E-state index is 11.6. The third-order valence-electron chi connectivity index (χ3n) is 3.44. The monoisotopic (exact) mass is 277 g/mol. The second-order valence-corrected chi connectivity index (χ2v) is 4.97. The molecule has 0 atom stereocenters. The van der Waals surface area contributed by atoms with Crippen LogP contribution < -0.4 is 15.5 Å². The molecule has 1 aromatic carbocycles. The van der Waals surface area contributed by atoms with Crippen LogP contribution in [0.4, 0.5) is 16.2 Å². The van der Waals surface area contributed by atoms with Crippen LogP contribution in [0.3, 0.4) is 0 Å². The number of ether oxygens (including phenoxy) is 1. The van der Waals surface area contributed by atoms with Crippen molar-refractivity contribution < 1.29 is 9.53 Å². The van der Waals surface area contributed by atoms with Crippen molar-refractivity contribution in [2.75, 3.05) is 43.6 Å². The van der Waals surface area contributed by atoms with E-state index in [0.717, 1.165) is 18.8 Å². The number of urea groups is 1. The van der Waals surface area contributed by atoms with Gasteiger partial charge < -0.3 is 20.3 Å². The molecule has 1 fully saturated rings. The smallest absolute Gasteiger partial charge is 0.319 e. The van der Waals surface area contributed by atoms with E-state index >= 15 is 0 Å². The topological polar surface area (TPSA) is 53.6 Å². The van der Waals surface area contributed by atoms with Gasteiger partial charge in [-0.05, 0) is 43.5 Å². The van der Waals surface area contributed by atoms with E-state index in [2.05, 4.69) is 27.7 Å². The van der Waals surface area contributed by atoms with Gasteiger partial charge in [0.1, 0.15) is 0 Å². The maximum Gasteiger partial charge on any atom is 0.319 e. The highest BCUT2D eigenvalue weighted by Crippen LogP contribution is 2.21. The Morgan fingerprint density at radius 3 is 2.55 bits per heavy atom. The summed E-state index contributed by atoms with van der Waals surface area (Å²) < 4.78 is 4.88. The lowest BCUT2D eigenvalue weighted by Gasteiger charge is -2.28. The molecule has 0 aromatic heterocycles. The van der Waals surface area contributed by atoms with Crippen molar-refractivity contribution in [3.05, 3.63) is 24.3 Å². The summed E-state index contributed by atoms with van der Waals surface area (Å²) in [7, 11) is 1.61. The minimum atomic E-state index is -0.201. The molecule has 0 saturated carbocycles. The molecule has 1 aliphatic rings. The van der Waals surface area contributed by atoms with E-state index in [1.54, 1.807) is 7.11 Å². The van der Waals surface area contributed by atoms with Gasteiger partial charge in [0.2, 0.25) is 0 Å². The van der Waals surface area contributed by atoms with Crippen molar-refractivity contribution >= 4 is 17.4 Å². The Morgan fingerprint density at radius 1 is 1.20 bits per heavy atom. The molecule has 20 heavy (non-hydrogen) atoms. The highest BCUT2D eigenvalue weighted by molar-refractivity contribution is 5.89. The lowest BCUT2D eigenvalue weighted by molar-refractivity contribution is 0.198. The standard InChI is InChI=1S/C15H23N3O2/c1-20-12-9-16-15(19)17-13-5-7-14(8-6-13)18-10-3-2-4-11-18/h5-8H,2-4,9-12H2,1H3,(H2,16,17,19). The van der Waals surface area contributed by atoms with Crippen molar-refractivity contribution in [3.8, 4) is 0 Å². The summed E-state index contributed by atoms with van der Waals surface area (Å²) in [5.41, 5.74) is 2.04. The Balaban J connectivity index is 1.83. The molecule has 2 rings (SSSR count). The number of hydrogen-bond donors (Lipinski definition) is 2. The van der Waals surface area contributed by atoms with Crippen LogP contribution in [0.15, 0.2) is 24.3 Å². The normalized spacial score (nSPS) is 14.9. The van der Waals surface area contributed by atoms with Gasteiger partial charge in [0.05, 0.1) is 6.61 Å². The SMILES string of the molecule is COCCNC(=O)Nc1ccc(N2CCCCC2)cc1. The Kier molecular flexibility index (Phi) is 5.68. The Hall–Kier alpha value is -1.75. The van der Waals surface area contributed by atoms with Gasteiger partial charge in [-0.3, -0.25) is 0 Å². The number of carbonyl (C=O) groups is 1. The summed E-state index contributed by atoms with van der Waals surface area (Å²) in [5.74, 6) is 0. The number of amides is 2. The average molecular weight is 277 g/mol. The summed E-state index contributed by atoms with van der Waals surface area (Å²) >= 11 is 0. The molecule has 2 N–H and O–H groups in total. The number of piperidine rings is 1. The first kappa shape index (κ1) is 14.7. The molecule has 5 heteroatoms. The molecular weight excluding hydrogens is 254 g/mol. The largest absolute Gasteiger partial charge is 0.383 e. The van der Waals surface area contributed by atoms with Crippen LogP contribution in [0.5, 0.6) is 0 Å².